The van der Waals surface area contributed by atoms with E-state index < -0.39 is 0 Å². The molecule has 0 amide bonds. The van der Waals surface area contributed by atoms with Gasteiger partial charge < -0.3 is 0 Å². The molecule has 0 spiro atoms. The Kier molecular flexibility index (Phi) is 5.61. The number of aromatic nitrogens is 8. The lowest BCUT2D eigenvalue weighted by Crippen LogP contribution is -2.22. The molecule has 0 bridgehead atoms. The van der Waals surface area contributed by atoms with Gasteiger partial charge in [0.25, 0.3) is 11.3 Å². The van der Waals surface area contributed by atoms with Crippen molar-refractivity contribution in [1.82, 2.24) is 38.7 Å². The Morgan fingerprint density at radius 3 is 2.67 bits per heavy atom. The lowest BCUT2D eigenvalue weighted by molar-refractivity contribution is 0.735. The minimum absolute atomic E-state index is 0.0509. The number of hydrogen-bond donors (Lipinski definition) is 0. The van der Waals surface area contributed by atoms with E-state index in [1.807, 2.05) is 47.0 Å². The van der Waals surface area contributed by atoms with E-state index in [1.165, 1.54) is 17.3 Å². The minimum atomic E-state index is -0.0509. The van der Waals surface area contributed by atoms with Crippen LogP contribution in [0, 0.1) is 13.8 Å². The Morgan fingerprint density at radius 2 is 1.88 bits per heavy atom. The summed E-state index contributed by atoms with van der Waals surface area (Å²) >= 11 is 1.49. The molecule has 0 N–H and O–H groups in total. The molecule has 1 aromatic carbocycles. The van der Waals surface area contributed by atoms with Crippen LogP contribution in [0.4, 0.5) is 0 Å². The molecule has 5 rings (SSSR count). The fourth-order valence-electron chi connectivity index (χ4n) is 4.29. The van der Waals surface area contributed by atoms with Crippen molar-refractivity contribution in [1.29, 1.82) is 0 Å². The monoisotopic (exact) mass is 462 g/mol. The molecule has 9 nitrogen and oxygen atoms in total. The van der Waals surface area contributed by atoms with E-state index in [1.54, 1.807) is 4.57 Å². The highest BCUT2D eigenvalue weighted by molar-refractivity contribution is 7.98. The summed E-state index contributed by atoms with van der Waals surface area (Å²) in [4.78, 5) is 22.2. The second-order valence-corrected chi connectivity index (χ2v) is 9.02. The Morgan fingerprint density at radius 1 is 1.06 bits per heavy atom. The lowest BCUT2D eigenvalue weighted by Gasteiger charge is -2.09. The molecule has 0 saturated heterocycles. The van der Waals surface area contributed by atoms with E-state index in [4.69, 9.17) is 5.10 Å². The third-order valence-electron chi connectivity index (χ3n) is 6.03. The quantitative estimate of drug-likeness (QED) is 0.340. The highest BCUT2D eigenvalue weighted by Crippen LogP contribution is 2.23. The maximum absolute atomic E-state index is 12.9. The molecule has 0 atom stereocenters. The maximum Gasteiger partial charge on any atom is 0.262 e. The highest BCUT2D eigenvalue weighted by Gasteiger charge is 2.18. The van der Waals surface area contributed by atoms with Crippen molar-refractivity contribution in [2.24, 2.45) is 0 Å². The van der Waals surface area contributed by atoms with Gasteiger partial charge in [0.05, 0.1) is 16.7 Å². The third kappa shape index (κ3) is 3.58. The summed E-state index contributed by atoms with van der Waals surface area (Å²) in [7, 11) is 0. The van der Waals surface area contributed by atoms with Crippen LogP contribution in [0.2, 0.25) is 0 Å². The molecule has 0 aliphatic rings. The van der Waals surface area contributed by atoms with Crippen LogP contribution >= 0.6 is 11.8 Å². The number of para-hydroxylation sites is 1. The number of hydrogen-bond acceptors (Lipinski definition) is 7. The van der Waals surface area contributed by atoms with Gasteiger partial charge in [-0.2, -0.15) is 4.98 Å². The molecule has 0 radical (unpaired) electrons. The van der Waals surface area contributed by atoms with E-state index in [0.29, 0.717) is 34.4 Å². The summed E-state index contributed by atoms with van der Waals surface area (Å²) in [5.41, 5.74) is 4.11. The fraction of sp³-hybridized carbons (Fsp3) is 0.391. The molecule has 0 aliphatic carbocycles. The van der Waals surface area contributed by atoms with Crippen molar-refractivity contribution in [3.63, 3.8) is 0 Å². The van der Waals surface area contributed by atoms with Crippen molar-refractivity contribution in [2.45, 2.75) is 64.4 Å². The molecule has 170 valence electrons. The number of thioether (sulfide) groups is 1. The molecule has 0 unspecified atom stereocenters. The first-order chi connectivity index (χ1) is 16.0. The van der Waals surface area contributed by atoms with Crippen LogP contribution < -0.4 is 5.56 Å². The van der Waals surface area contributed by atoms with Gasteiger partial charge in [-0.25, -0.2) is 9.50 Å². The third-order valence-corrected chi connectivity index (χ3v) is 6.87. The number of benzene rings is 1. The molecular weight excluding hydrogens is 436 g/mol. The zero-order valence-electron chi connectivity index (χ0n) is 19.2. The largest absolute Gasteiger partial charge is 0.277 e. The Balaban J connectivity index is 1.52. The molecule has 33 heavy (non-hydrogen) atoms. The zero-order valence-corrected chi connectivity index (χ0v) is 20.1. The summed E-state index contributed by atoms with van der Waals surface area (Å²) in [5.74, 6) is 2.43. The molecular formula is C23H26N8OS. The van der Waals surface area contributed by atoms with Crippen LogP contribution in [0.5, 0.6) is 0 Å². The van der Waals surface area contributed by atoms with Gasteiger partial charge in [-0.05, 0) is 51.3 Å². The van der Waals surface area contributed by atoms with Crippen LogP contribution in [0.1, 0.15) is 49.5 Å². The van der Waals surface area contributed by atoms with Crippen molar-refractivity contribution >= 4 is 34.2 Å². The maximum atomic E-state index is 12.9. The zero-order chi connectivity index (χ0) is 23.1. The highest BCUT2D eigenvalue weighted by atomic mass is 32.2. The van der Waals surface area contributed by atoms with Crippen molar-refractivity contribution < 1.29 is 0 Å². The minimum Gasteiger partial charge on any atom is -0.277 e. The van der Waals surface area contributed by atoms with Gasteiger partial charge in [-0.1, -0.05) is 37.2 Å². The normalized spacial score (nSPS) is 11.9. The Bertz CT molecular complexity index is 1550. The molecule has 0 fully saturated rings. The summed E-state index contributed by atoms with van der Waals surface area (Å²) in [6, 6.07) is 7.57. The smallest absolute Gasteiger partial charge is 0.262 e. The van der Waals surface area contributed by atoms with E-state index in [2.05, 4.69) is 34.0 Å². The van der Waals surface area contributed by atoms with E-state index in [-0.39, 0.29) is 5.56 Å². The average Bonchev–Trinajstić information content (AvgIpc) is 3.42. The Labute approximate surface area is 194 Å². The van der Waals surface area contributed by atoms with Crippen LogP contribution in [-0.4, -0.2) is 38.7 Å². The summed E-state index contributed by atoms with van der Waals surface area (Å²) in [6.07, 6.45) is 3.27. The van der Waals surface area contributed by atoms with Crippen LogP contribution in [0.25, 0.3) is 22.5 Å². The van der Waals surface area contributed by atoms with Gasteiger partial charge in [-0.15, -0.1) is 15.3 Å². The molecule has 4 heterocycles. The Hall–Kier alpha value is -3.27. The van der Waals surface area contributed by atoms with Gasteiger partial charge >= 0.3 is 0 Å². The summed E-state index contributed by atoms with van der Waals surface area (Å²) in [6.45, 7) is 8.78. The topological polar surface area (TPSA) is 95.3 Å². The first-order valence-electron chi connectivity index (χ1n) is 11.2. The average molecular weight is 463 g/mol. The second-order valence-electron chi connectivity index (χ2n) is 8.08. The number of rotatable bonds is 7. The predicted octanol–water partition coefficient (Wildman–Crippen LogP) is 3.75. The van der Waals surface area contributed by atoms with E-state index >= 15 is 0 Å². The number of nitrogens with zero attached hydrogens (tertiary/aromatic N) is 8. The van der Waals surface area contributed by atoms with E-state index in [9.17, 15) is 4.79 Å². The summed E-state index contributed by atoms with van der Waals surface area (Å²) in [5, 5.41) is 14.7. The van der Waals surface area contributed by atoms with Gasteiger partial charge in [0.1, 0.15) is 5.82 Å². The molecule has 4 aromatic heterocycles. The van der Waals surface area contributed by atoms with Crippen LogP contribution in [-0.2, 0) is 18.7 Å². The number of aryl methyl sites for hydroxylation is 3. The van der Waals surface area contributed by atoms with Crippen LogP contribution in [0.3, 0.4) is 0 Å². The first-order valence-corrected chi connectivity index (χ1v) is 12.2. The SMILES string of the molecule is CCCCc1c(C)nc2nc(SCc3nnc4n(CC)c(=O)c5ccccc5n34)nn2c1C. The summed E-state index contributed by atoms with van der Waals surface area (Å²) < 4.78 is 5.45. The van der Waals surface area contributed by atoms with Crippen molar-refractivity contribution in [2.75, 3.05) is 0 Å². The number of fused-ring (bicyclic) bond motifs is 4. The number of unbranched alkanes of at least 4 members (excludes halogenated alkanes) is 1. The standard InChI is InChI=1S/C23H26N8OS/c1-5-7-10-16-14(3)24-21-25-22(28-31(21)15(16)4)33-13-19-26-27-23-29(6-2)20(32)17-11-8-9-12-18(17)30(19)23/h8-9,11-12H,5-7,10,13H2,1-4H3. The molecule has 0 saturated carbocycles. The van der Waals surface area contributed by atoms with Gasteiger partial charge in [0, 0.05) is 17.9 Å². The predicted molar refractivity (Wildman–Crippen MR) is 129 cm³/mol. The van der Waals surface area contributed by atoms with E-state index in [0.717, 1.165) is 42.0 Å². The molecule has 5 aromatic rings. The molecule has 10 heteroatoms. The lowest BCUT2D eigenvalue weighted by atomic mass is 10.1. The van der Waals surface area contributed by atoms with Gasteiger partial charge in [-0.3, -0.25) is 13.8 Å². The van der Waals surface area contributed by atoms with Gasteiger partial charge in [0.15, 0.2) is 0 Å². The van der Waals surface area contributed by atoms with Gasteiger partial charge in [0.2, 0.25) is 10.9 Å². The second kappa shape index (κ2) is 8.58. The fourth-order valence-corrected chi connectivity index (χ4v) is 5.02. The molecule has 0 aliphatic heterocycles. The first kappa shape index (κ1) is 21.6. The van der Waals surface area contributed by atoms with Crippen molar-refractivity contribution in [3.05, 3.63) is 57.4 Å². The van der Waals surface area contributed by atoms with Crippen molar-refractivity contribution in [3.8, 4) is 0 Å². The van der Waals surface area contributed by atoms with Crippen LogP contribution in [0.15, 0.2) is 34.2 Å².